The first-order valence-corrected chi connectivity index (χ1v) is 9.93. The summed E-state index contributed by atoms with van der Waals surface area (Å²) in [7, 11) is -2.09. The lowest BCUT2D eigenvalue weighted by atomic mass is 10.3. The Balaban J connectivity index is 3.27. The fraction of sp³-hybridized carbons (Fsp3) is 0.600. The minimum atomic E-state index is -2.09. The smallest absolute Gasteiger partial charge is 0.258 e. The zero-order valence-electron chi connectivity index (χ0n) is 13.0. The molecule has 1 N–H and O–H groups in total. The molecule has 0 aliphatic carbocycles. The van der Waals surface area contributed by atoms with Gasteiger partial charge in [-0.05, 0) is 38.6 Å². The van der Waals surface area contributed by atoms with Gasteiger partial charge in [-0.2, -0.15) is 0 Å². The van der Waals surface area contributed by atoms with E-state index in [0.717, 1.165) is 0 Å². The molecule has 0 bridgehead atoms. The van der Waals surface area contributed by atoms with E-state index in [-0.39, 0.29) is 10.2 Å². The standard InChI is InChI=1S/C15H24BrFO2Si/c1-9(2)20(10(3)4,11(5)6)19-12-7-13(16)15(17)14(18)8-12/h7-11,18H,1-6H3. The van der Waals surface area contributed by atoms with E-state index >= 15 is 0 Å². The predicted molar refractivity (Wildman–Crippen MR) is 87.4 cm³/mol. The second kappa shape index (κ2) is 6.48. The highest BCUT2D eigenvalue weighted by atomic mass is 79.9. The van der Waals surface area contributed by atoms with Crippen molar-refractivity contribution in [3.05, 3.63) is 22.4 Å². The number of hydrogen-bond donors (Lipinski definition) is 1. The van der Waals surface area contributed by atoms with E-state index in [4.69, 9.17) is 4.43 Å². The fourth-order valence-corrected chi connectivity index (χ4v) is 8.83. The van der Waals surface area contributed by atoms with Crippen molar-refractivity contribution < 1.29 is 13.9 Å². The van der Waals surface area contributed by atoms with Gasteiger partial charge in [0.1, 0.15) is 5.75 Å². The molecule has 0 unspecified atom stereocenters. The van der Waals surface area contributed by atoms with Crippen LogP contribution in [0.2, 0.25) is 16.6 Å². The minimum absolute atomic E-state index is 0.228. The van der Waals surface area contributed by atoms with Crippen LogP contribution >= 0.6 is 15.9 Å². The Morgan fingerprint density at radius 1 is 1.05 bits per heavy atom. The molecule has 0 aromatic heterocycles. The third-order valence-electron chi connectivity index (χ3n) is 3.98. The number of benzene rings is 1. The lowest BCUT2D eigenvalue weighted by Gasteiger charge is -2.42. The van der Waals surface area contributed by atoms with Gasteiger partial charge in [-0.1, -0.05) is 41.5 Å². The summed E-state index contributed by atoms with van der Waals surface area (Å²) in [6, 6.07) is 2.97. The van der Waals surface area contributed by atoms with Crippen molar-refractivity contribution in [2.75, 3.05) is 0 Å². The summed E-state index contributed by atoms with van der Waals surface area (Å²) < 4.78 is 20.1. The Hall–Kier alpha value is -0.553. The molecule has 5 heteroatoms. The van der Waals surface area contributed by atoms with Crippen molar-refractivity contribution in [1.82, 2.24) is 0 Å². The predicted octanol–water partition coefficient (Wildman–Crippen LogP) is 5.85. The van der Waals surface area contributed by atoms with Gasteiger partial charge in [-0.25, -0.2) is 4.39 Å². The summed E-state index contributed by atoms with van der Waals surface area (Å²) in [5.41, 5.74) is 1.27. The molecular weight excluding hydrogens is 339 g/mol. The molecule has 114 valence electrons. The van der Waals surface area contributed by atoms with Gasteiger partial charge < -0.3 is 9.53 Å². The average molecular weight is 363 g/mol. The average Bonchev–Trinajstić information content (AvgIpc) is 2.31. The maximum atomic E-state index is 13.5. The van der Waals surface area contributed by atoms with Crippen molar-refractivity contribution in [1.29, 1.82) is 0 Å². The first-order valence-electron chi connectivity index (χ1n) is 6.99. The van der Waals surface area contributed by atoms with E-state index < -0.39 is 14.1 Å². The normalized spacial score (nSPS) is 12.6. The number of phenolic OH excluding ortho intramolecular Hbond substituents is 1. The third kappa shape index (κ3) is 3.19. The molecule has 1 aromatic carbocycles. The van der Waals surface area contributed by atoms with E-state index in [9.17, 15) is 9.50 Å². The number of halogens is 2. The lowest BCUT2D eigenvalue weighted by molar-refractivity contribution is 0.421. The third-order valence-corrected chi connectivity index (χ3v) is 10.6. The zero-order valence-corrected chi connectivity index (χ0v) is 15.6. The molecule has 0 heterocycles. The summed E-state index contributed by atoms with van der Waals surface area (Å²) in [4.78, 5) is 0. The van der Waals surface area contributed by atoms with E-state index in [0.29, 0.717) is 22.4 Å². The molecule has 0 amide bonds. The van der Waals surface area contributed by atoms with Crippen molar-refractivity contribution in [3.63, 3.8) is 0 Å². The van der Waals surface area contributed by atoms with Crippen molar-refractivity contribution >= 4 is 24.2 Å². The molecule has 0 aliphatic rings. The van der Waals surface area contributed by atoms with Gasteiger partial charge in [0.15, 0.2) is 11.6 Å². The molecule has 0 atom stereocenters. The Bertz CT molecular complexity index is 430. The molecule has 2 nitrogen and oxygen atoms in total. The van der Waals surface area contributed by atoms with Crippen LogP contribution in [0.4, 0.5) is 4.39 Å². The van der Waals surface area contributed by atoms with E-state index in [1.807, 2.05) is 0 Å². The van der Waals surface area contributed by atoms with Crippen LogP contribution in [0.15, 0.2) is 16.6 Å². The Kier molecular flexibility index (Phi) is 5.67. The number of phenols is 1. The Labute approximate surface area is 130 Å². The highest BCUT2D eigenvalue weighted by Crippen LogP contribution is 2.43. The SMILES string of the molecule is CC(C)[Si](Oc1cc(O)c(F)c(Br)c1)(C(C)C)C(C)C. The molecule has 0 saturated carbocycles. The summed E-state index contributed by atoms with van der Waals surface area (Å²) in [5, 5.41) is 9.62. The fourth-order valence-electron chi connectivity index (χ4n) is 3.17. The van der Waals surface area contributed by atoms with Crippen LogP contribution in [0.3, 0.4) is 0 Å². The zero-order chi connectivity index (χ0) is 15.7. The monoisotopic (exact) mass is 362 g/mol. The largest absolute Gasteiger partial charge is 0.543 e. The Morgan fingerprint density at radius 3 is 1.85 bits per heavy atom. The number of hydrogen-bond acceptors (Lipinski definition) is 2. The molecule has 0 fully saturated rings. The molecule has 0 saturated heterocycles. The van der Waals surface area contributed by atoms with Crippen LogP contribution < -0.4 is 4.43 Å². The van der Waals surface area contributed by atoms with Crippen LogP contribution in [0.1, 0.15) is 41.5 Å². The van der Waals surface area contributed by atoms with Gasteiger partial charge in [0.05, 0.1) is 4.47 Å². The van der Waals surface area contributed by atoms with E-state index in [2.05, 4.69) is 57.5 Å². The van der Waals surface area contributed by atoms with E-state index in [1.54, 1.807) is 6.07 Å². The summed E-state index contributed by atoms with van der Waals surface area (Å²) in [6.45, 7) is 13.1. The van der Waals surface area contributed by atoms with Gasteiger partial charge in [-0.15, -0.1) is 0 Å². The Morgan fingerprint density at radius 2 is 1.50 bits per heavy atom. The second-order valence-corrected chi connectivity index (χ2v) is 12.4. The highest BCUT2D eigenvalue weighted by molar-refractivity contribution is 9.10. The summed E-state index contributed by atoms with van der Waals surface area (Å²) >= 11 is 3.12. The maximum absolute atomic E-state index is 13.5. The van der Waals surface area contributed by atoms with Crippen LogP contribution in [-0.2, 0) is 0 Å². The van der Waals surface area contributed by atoms with Gasteiger partial charge in [0, 0.05) is 6.07 Å². The number of aromatic hydroxyl groups is 1. The molecule has 0 radical (unpaired) electrons. The first kappa shape index (κ1) is 17.5. The first-order chi connectivity index (χ1) is 9.12. The second-order valence-electron chi connectivity index (χ2n) is 6.16. The van der Waals surface area contributed by atoms with Gasteiger partial charge in [0.2, 0.25) is 0 Å². The number of rotatable bonds is 5. The molecular formula is C15H24BrFO2Si. The lowest BCUT2D eigenvalue weighted by Crippen LogP contribution is -2.50. The summed E-state index contributed by atoms with van der Waals surface area (Å²) in [5.74, 6) is -0.490. The molecule has 1 rings (SSSR count). The van der Waals surface area contributed by atoms with Crippen molar-refractivity contribution in [3.8, 4) is 11.5 Å². The quantitative estimate of drug-likeness (QED) is 0.665. The van der Waals surface area contributed by atoms with Crippen LogP contribution in [-0.4, -0.2) is 13.4 Å². The molecule has 0 aliphatic heterocycles. The van der Waals surface area contributed by atoms with Crippen molar-refractivity contribution in [2.24, 2.45) is 0 Å². The molecule has 20 heavy (non-hydrogen) atoms. The van der Waals surface area contributed by atoms with Gasteiger partial charge in [0.25, 0.3) is 8.32 Å². The van der Waals surface area contributed by atoms with Crippen LogP contribution in [0, 0.1) is 5.82 Å². The summed E-state index contributed by atoms with van der Waals surface area (Å²) in [6.07, 6.45) is 0. The molecule has 0 spiro atoms. The molecule has 1 aromatic rings. The van der Waals surface area contributed by atoms with Crippen molar-refractivity contribution in [2.45, 2.75) is 58.2 Å². The minimum Gasteiger partial charge on any atom is -0.543 e. The van der Waals surface area contributed by atoms with Gasteiger partial charge in [-0.3, -0.25) is 0 Å². The van der Waals surface area contributed by atoms with Crippen LogP contribution in [0.5, 0.6) is 11.5 Å². The highest BCUT2D eigenvalue weighted by Gasteiger charge is 2.47. The van der Waals surface area contributed by atoms with Crippen LogP contribution in [0.25, 0.3) is 0 Å². The van der Waals surface area contributed by atoms with Gasteiger partial charge >= 0.3 is 0 Å². The maximum Gasteiger partial charge on any atom is 0.258 e. The van der Waals surface area contributed by atoms with E-state index in [1.165, 1.54) is 6.07 Å². The topological polar surface area (TPSA) is 29.5 Å².